The van der Waals surface area contributed by atoms with Crippen LogP contribution in [0.2, 0.25) is 0 Å². The molecule has 0 amide bonds. The van der Waals surface area contributed by atoms with Crippen molar-refractivity contribution in [1.82, 2.24) is 0 Å². The first-order valence-electron chi connectivity index (χ1n) is 4.35. The Hall–Kier alpha value is -0.0400. The van der Waals surface area contributed by atoms with Crippen LogP contribution in [0.15, 0.2) is 0 Å². The molecule has 3 saturated carbocycles. The Balaban J connectivity index is 1.94. The summed E-state index contributed by atoms with van der Waals surface area (Å²) < 4.78 is 5.57. The minimum atomic E-state index is 0.623. The van der Waals surface area contributed by atoms with Crippen molar-refractivity contribution < 1.29 is 4.74 Å². The Morgan fingerprint density at radius 1 is 1.30 bits per heavy atom. The second-order valence-electron chi connectivity index (χ2n) is 4.74. The highest BCUT2D eigenvalue weighted by Gasteiger charge is 2.65. The van der Waals surface area contributed by atoms with Gasteiger partial charge in [-0.15, -0.1) is 0 Å². The van der Waals surface area contributed by atoms with E-state index in [1.54, 1.807) is 0 Å². The summed E-state index contributed by atoms with van der Waals surface area (Å²) in [5.41, 5.74) is 0.623. The average Bonchev–Trinajstić information content (AvgIpc) is 2.62. The zero-order valence-corrected chi connectivity index (χ0v) is 6.63. The van der Waals surface area contributed by atoms with Crippen LogP contribution >= 0.6 is 0 Å². The molecule has 1 saturated heterocycles. The fourth-order valence-electron chi connectivity index (χ4n) is 2.99. The van der Waals surface area contributed by atoms with Crippen molar-refractivity contribution in [3.63, 3.8) is 0 Å². The maximum absolute atomic E-state index is 5.57. The molecule has 4 aliphatic rings. The molecule has 56 valence electrons. The Morgan fingerprint density at radius 2 is 2.10 bits per heavy atom. The van der Waals surface area contributed by atoms with Crippen molar-refractivity contribution in [1.29, 1.82) is 0 Å². The molecule has 1 heteroatoms. The number of hydrogen-bond donors (Lipinski definition) is 0. The van der Waals surface area contributed by atoms with E-state index in [2.05, 4.69) is 13.8 Å². The molecule has 4 atom stereocenters. The maximum atomic E-state index is 5.57. The summed E-state index contributed by atoms with van der Waals surface area (Å²) in [6, 6.07) is 0. The number of hydrogen-bond acceptors (Lipinski definition) is 1. The zero-order valence-electron chi connectivity index (χ0n) is 6.63. The van der Waals surface area contributed by atoms with Crippen LogP contribution in [0, 0.1) is 17.3 Å². The van der Waals surface area contributed by atoms with Crippen molar-refractivity contribution in [3.8, 4) is 0 Å². The van der Waals surface area contributed by atoms with Gasteiger partial charge >= 0.3 is 0 Å². The lowest BCUT2D eigenvalue weighted by molar-refractivity contribution is -0.0504. The topological polar surface area (TPSA) is 12.5 Å². The van der Waals surface area contributed by atoms with E-state index in [-0.39, 0.29) is 0 Å². The molecule has 1 nitrogen and oxygen atoms in total. The summed E-state index contributed by atoms with van der Waals surface area (Å²) in [5, 5.41) is 0. The van der Waals surface area contributed by atoms with Gasteiger partial charge in [0.05, 0.1) is 12.2 Å². The monoisotopic (exact) mass is 138 g/mol. The molecule has 4 fully saturated rings. The SMILES string of the molecule is CC1(C)C2CC3OC3C1C2. The standard InChI is InChI=1S/C9H14O/c1-9(2)5-3-6(9)8-7(4-5)10-8/h5-8H,3-4H2,1-2H3. The van der Waals surface area contributed by atoms with Crippen LogP contribution in [-0.2, 0) is 4.74 Å². The summed E-state index contributed by atoms with van der Waals surface area (Å²) in [4.78, 5) is 0. The molecule has 0 aromatic carbocycles. The first-order valence-corrected chi connectivity index (χ1v) is 4.35. The Labute approximate surface area is 61.8 Å². The van der Waals surface area contributed by atoms with Gasteiger partial charge in [-0.3, -0.25) is 0 Å². The predicted molar refractivity (Wildman–Crippen MR) is 38.7 cm³/mol. The van der Waals surface area contributed by atoms with E-state index in [0.29, 0.717) is 17.6 Å². The molecule has 4 unspecified atom stereocenters. The Kier molecular flexibility index (Phi) is 0.722. The van der Waals surface area contributed by atoms with E-state index in [9.17, 15) is 0 Å². The van der Waals surface area contributed by atoms with Crippen molar-refractivity contribution in [3.05, 3.63) is 0 Å². The van der Waals surface area contributed by atoms with E-state index in [0.717, 1.165) is 11.8 Å². The maximum Gasteiger partial charge on any atom is 0.0875 e. The predicted octanol–water partition coefficient (Wildman–Crippen LogP) is 1.82. The number of epoxide rings is 1. The average molecular weight is 138 g/mol. The molecule has 0 radical (unpaired) electrons. The fourth-order valence-corrected chi connectivity index (χ4v) is 2.99. The molecule has 0 aromatic rings. The fraction of sp³-hybridized carbons (Fsp3) is 1.00. The molecule has 10 heavy (non-hydrogen) atoms. The van der Waals surface area contributed by atoms with E-state index in [1.165, 1.54) is 12.8 Å². The molecule has 1 aliphatic heterocycles. The summed E-state index contributed by atoms with van der Waals surface area (Å²) >= 11 is 0. The summed E-state index contributed by atoms with van der Waals surface area (Å²) in [6.07, 6.45) is 4.18. The molecular formula is C9H14O. The minimum Gasteiger partial charge on any atom is -0.369 e. The van der Waals surface area contributed by atoms with Gasteiger partial charge in [0.15, 0.2) is 0 Å². The van der Waals surface area contributed by atoms with Crippen LogP contribution in [-0.4, -0.2) is 12.2 Å². The molecular weight excluding hydrogens is 124 g/mol. The Bertz CT molecular complexity index is 185. The molecule has 2 bridgehead atoms. The lowest BCUT2D eigenvalue weighted by Gasteiger charge is -2.54. The molecule has 3 aliphatic carbocycles. The third-order valence-corrected chi connectivity index (χ3v) is 4.08. The second-order valence-corrected chi connectivity index (χ2v) is 4.74. The van der Waals surface area contributed by atoms with Gasteiger partial charge in [-0.25, -0.2) is 0 Å². The summed E-state index contributed by atoms with van der Waals surface area (Å²) in [6.45, 7) is 4.81. The minimum absolute atomic E-state index is 0.623. The summed E-state index contributed by atoms with van der Waals surface area (Å²) in [7, 11) is 0. The normalized spacial score (nSPS) is 60.6. The highest BCUT2D eigenvalue weighted by Crippen LogP contribution is 2.64. The largest absolute Gasteiger partial charge is 0.369 e. The van der Waals surface area contributed by atoms with E-state index >= 15 is 0 Å². The van der Waals surface area contributed by atoms with E-state index < -0.39 is 0 Å². The highest BCUT2D eigenvalue weighted by molar-refractivity contribution is 5.13. The smallest absolute Gasteiger partial charge is 0.0875 e. The molecule has 0 N–H and O–H groups in total. The van der Waals surface area contributed by atoms with Gasteiger partial charge in [0.25, 0.3) is 0 Å². The third kappa shape index (κ3) is 0.430. The molecule has 0 spiro atoms. The lowest BCUT2D eigenvalue weighted by Crippen LogP contribution is -2.51. The van der Waals surface area contributed by atoms with E-state index in [4.69, 9.17) is 4.74 Å². The molecule has 0 aromatic heterocycles. The van der Waals surface area contributed by atoms with Crippen molar-refractivity contribution in [2.24, 2.45) is 17.3 Å². The van der Waals surface area contributed by atoms with Crippen LogP contribution in [0.4, 0.5) is 0 Å². The van der Waals surface area contributed by atoms with Crippen LogP contribution in [0.1, 0.15) is 26.7 Å². The van der Waals surface area contributed by atoms with Crippen LogP contribution in [0.3, 0.4) is 0 Å². The number of rotatable bonds is 0. The number of ether oxygens (including phenoxy) is 1. The van der Waals surface area contributed by atoms with Gasteiger partial charge < -0.3 is 4.74 Å². The van der Waals surface area contributed by atoms with Gasteiger partial charge in [-0.05, 0) is 30.1 Å². The van der Waals surface area contributed by atoms with Crippen molar-refractivity contribution in [2.75, 3.05) is 0 Å². The van der Waals surface area contributed by atoms with Crippen molar-refractivity contribution >= 4 is 0 Å². The quantitative estimate of drug-likeness (QED) is 0.465. The highest BCUT2D eigenvalue weighted by atomic mass is 16.6. The van der Waals surface area contributed by atoms with Crippen LogP contribution in [0.25, 0.3) is 0 Å². The zero-order chi connectivity index (χ0) is 6.93. The first-order chi connectivity index (χ1) is 4.69. The van der Waals surface area contributed by atoms with Gasteiger partial charge in [-0.2, -0.15) is 0 Å². The summed E-state index contributed by atoms with van der Waals surface area (Å²) in [5.74, 6) is 1.90. The van der Waals surface area contributed by atoms with E-state index in [1.807, 2.05) is 0 Å². The molecule has 4 rings (SSSR count). The van der Waals surface area contributed by atoms with Crippen molar-refractivity contribution in [2.45, 2.75) is 38.9 Å². The van der Waals surface area contributed by atoms with Crippen LogP contribution < -0.4 is 0 Å². The van der Waals surface area contributed by atoms with Gasteiger partial charge in [0.2, 0.25) is 0 Å². The second kappa shape index (κ2) is 1.29. The lowest BCUT2D eigenvalue weighted by atomic mass is 9.49. The van der Waals surface area contributed by atoms with Crippen LogP contribution in [0.5, 0.6) is 0 Å². The molecule has 1 heterocycles. The van der Waals surface area contributed by atoms with Gasteiger partial charge in [0.1, 0.15) is 0 Å². The van der Waals surface area contributed by atoms with Gasteiger partial charge in [0, 0.05) is 0 Å². The first kappa shape index (κ1) is 5.59. The third-order valence-electron chi connectivity index (χ3n) is 4.08. The van der Waals surface area contributed by atoms with Gasteiger partial charge in [-0.1, -0.05) is 13.8 Å². The Morgan fingerprint density at radius 3 is 2.60 bits per heavy atom.